The highest BCUT2D eigenvalue weighted by atomic mass is 16.5. The Labute approximate surface area is 81.6 Å². The SMILES string of the molecule is CCC(C)C(OC)C(C)/C=C/CO. The number of ether oxygens (including phenoxy) is 1. The van der Waals surface area contributed by atoms with E-state index in [9.17, 15) is 0 Å². The molecule has 0 heterocycles. The molecule has 0 bridgehead atoms. The molecule has 3 atom stereocenters. The maximum Gasteiger partial charge on any atom is 0.0656 e. The van der Waals surface area contributed by atoms with Crippen molar-refractivity contribution < 1.29 is 9.84 Å². The molecule has 13 heavy (non-hydrogen) atoms. The van der Waals surface area contributed by atoms with Gasteiger partial charge in [-0.2, -0.15) is 0 Å². The zero-order chi connectivity index (χ0) is 10.3. The van der Waals surface area contributed by atoms with Gasteiger partial charge in [-0.15, -0.1) is 0 Å². The van der Waals surface area contributed by atoms with Crippen molar-refractivity contribution in [3.63, 3.8) is 0 Å². The second kappa shape index (κ2) is 7.10. The first-order valence-corrected chi connectivity index (χ1v) is 4.97. The van der Waals surface area contributed by atoms with Gasteiger partial charge in [-0.05, 0) is 5.92 Å². The minimum Gasteiger partial charge on any atom is -0.392 e. The van der Waals surface area contributed by atoms with Crippen LogP contribution in [0.3, 0.4) is 0 Å². The molecule has 2 nitrogen and oxygen atoms in total. The largest absolute Gasteiger partial charge is 0.392 e. The molecule has 0 rings (SSSR count). The standard InChI is InChI=1S/C11H22O2/c1-5-9(2)11(13-4)10(3)7-6-8-12/h6-7,9-12H,5,8H2,1-4H3/b7-6+. The lowest BCUT2D eigenvalue weighted by Gasteiger charge is -2.25. The summed E-state index contributed by atoms with van der Waals surface area (Å²) in [7, 11) is 1.75. The first-order valence-electron chi connectivity index (χ1n) is 4.97. The molecule has 78 valence electrons. The smallest absolute Gasteiger partial charge is 0.0656 e. The van der Waals surface area contributed by atoms with Crippen molar-refractivity contribution in [1.82, 2.24) is 0 Å². The average molecular weight is 186 g/mol. The van der Waals surface area contributed by atoms with Gasteiger partial charge in [0.15, 0.2) is 0 Å². The van der Waals surface area contributed by atoms with Crippen LogP contribution >= 0.6 is 0 Å². The minimum absolute atomic E-state index is 0.112. The molecule has 0 spiro atoms. The molecule has 0 aromatic heterocycles. The first kappa shape index (κ1) is 12.7. The fraction of sp³-hybridized carbons (Fsp3) is 0.818. The van der Waals surface area contributed by atoms with Crippen molar-refractivity contribution in [2.24, 2.45) is 11.8 Å². The van der Waals surface area contributed by atoms with Gasteiger partial charge in [0.25, 0.3) is 0 Å². The van der Waals surface area contributed by atoms with Crippen LogP contribution in [0, 0.1) is 11.8 Å². The van der Waals surface area contributed by atoms with E-state index in [1.54, 1.807) is 13.2 Å². The van der Waals surface area contributed by atoms with Crippen molar-refractivity contribution in [1.29, 1.82) is 0 Å². The third kappa shape index (κ3) is 4.44. The van der Waals surface area contributed by atoms with E-state index in [-0.39, 0.29) is 12.7 Å². The maximum atomic E-state index is 8.64. The molecule has 0 aliphatic rings. The highest BCUT2D eigenvalue weighted by molar-refractivity contribution is 4.91. The zero-order valence-electron chi connectivity index (χ0n) is 9.16. The van der Waals surface area contributed by atoms with E-state index in [2.05, 4.69) is 20.8 Å². The van der Waals surface area contributed by atoms with Gasteiger partial charge in [-0.1, -0.05) is 39.3 Å². The molecule has 0 saturated heterocycles. The fourth-order valence-electron chi connectivity index (χ4n) is 1.58. The van der Waals surface area contributed by atoms with E-state index >= 15 is 0 Å². The van der Waals surface area contributed by atoms with Gasteiger partial charge < -0.3 is 9.84 Å². The fourth-order valence-corrected chi connectivity index (χ4v) is 1.58. The maximum absolute atomic E-state index is 8.64. The topological polar surface area (TPSA) is 29.5 Å². The Hall–Kier alpha value is -0.340. The summed E-state index contributed by atoms with van der Waals surface area (Å²) in [4.78, 5) is 0. The summed E-state index contributed by atoms with van der Waals surface area (Å²) in [5.41, 5.74) is 0. The average Bonchev–Trinajstić information content (AvgIpc) is 2.15. The zero-order valence-corrected chi connectivity index (χ0v) is 9.16. The monoisotopic (exact) mass is 186 g/mol. The number of hydrogen-bond donors (Lipinski definition) is 1. The van der Waals surface area contributed by atoms with Crippen LogP contribution in [0.2, 0.25) is 0 Å². The van der Waals surface area contributed by atoms with Gasteiger partial charge in [0, 0.05) is 13.0 Å². The Bertz CT molecular complexity index is 143. The number of hydrogen-bond acceptors (Lipinski definition) is 2. The van der Waals surface area contributed by atoms with E-state index in [1.807, 2.05) is 6.08 Å². The number of methoxy groups -OCH3 is 1. The highest BCUT2D eigenvalue weighted by Gasteiger charge is 2.19. The number of aliphatic hydroxyl groups is 1. The van der Waals surface area contributed by atoms with Crippen molar-refractivity contribution in [3.05, 3.63) is 12.2 Å². The molecule has 1 N–H and O–H groups in total. The van der Waals surface area contributed by atoms with Crippen LogP contribution in [0.4, 0.5) is 0 Å². The minimum atomic E-state index is 0.112. The Kier molecular flexibility index (Phi) is 6.92. The Morgan fingerprint density at radius 2 is 2.00 bits per heavy atom. The van der Waals surface area contributed by atoms with Crippen LogP contribution in [0.1, 0.15) is 27.2 Å². The molecule has 3 unspecified atom stereocenters. The van der Waals surface area contributed by atoms with Crippen molar-refractivity contribution in [3.8, 4) is 0 Å². The van der Waals surface area contributed by atoms with Gasteiger partial charge in [0.2, 0.25) is 0 Å². The van der Waals surface area contributed by atoms with Crippen LogP contribution < -0.4 is 0 Å². The van der Waals surface area contributed by atoms with Gasteiger partial charge in [0.1, 0.15) is 0 Å². The summed E-state index contributed by atoms with van der Waals surface area (Å²) in [6.45, 7) is 6.59. The lowest BCUT2D eigenvalue weighted by Crippen LogP contribution is -2.26. The molecule has 0 amide bonds. The Balaban J connectivity index is 4.13. The van der Waals surface area contributed by atoms with Gasteiger partial charge in [-0.25, -0.2) is 0 Å². The summed E-state index contributed by atoms with van der Waals surface area (Å²) in [6.07, 6.45) is 5.17. The lowest BCUT2D eigenvalue weighted by molar-refractivity contribution is 0.0303. The van der Waals surface area contributed by atoms with Crippen LogP contribution in [0.5, 0.6) is 0 Å². The van der Waals surface area contributed by atoms with Gasteiger partial charge in [0.05, 0.1) is 12.7 Å². The van der Waals surface area contributed by atoms with E-state index < -0.39 is 0 Å². The summed E-state index contributed by atoms with van der Waals surface area (Å²) >= 11 is 0. The molecule has 0 saturated carbocycles. The highest BCUT2D eigenvalue weighted by Crippen LogP contribution is 2.19. The van der Waals surface area contributed by atoms with Crippen LogP contribution in [0.15, 0.2) is 12.2 Å². The second-order valence-electron chi connectivity index (χ2n) is 3.56. The van der Waals surface area contributed by atoms with E-state index in [4.69, 9.17) is 9.84 Å². The van der Waals surface area contributed by atoms with Crippen molar-refractivity contribution in [2.45, 2.75) is 33.3 Å². The normalized spacial score (nSPS) is 18.8. The predicted octanol–water partition coefficient (Wildman–Crippen LogP) is 2.23. The Morgan fingerprint density at radius 3 is 2.38 bits per heavy atom. The summed E-state index contributed by atoms with van der Waals surface area (Å²) in [5.74, 6) is 0.926. The van der Waals surface area contributed by atoms with Crippen LogP contribution in [0.25, 0.3) is 0 Å². The molecule has 0 aliphatic heterocycles. The molecule has 0 aromatic rings. The van der Waals surface area contributed by atoms with E-state index in [0.29, 0.717) is 11.8 Å². The quantitative estimate of drug-likeness (QED) is 0.645. The molecule has 2 heteroatoms. The number of rotatable bonds is 6. The summed E-state index contributed by atoms with van der Waals surface area (Å²) in [5, 5.41) is 8.64. The molecule has 0 fully saturated rings. The second-order valence-corrected chi connectivity index (χ2v) is 3.56. The van der Waals surface area contributed by atoms with Crippen molar-refractivity contribution in [2.75, 3.05) is 13.7 Å². The van der Waals surface area contributed by atoms with E-state index in [1.165, 1.54) is 0 Å². The van der Waals surface area contributed by atoms with Crippen LogP contribution in [-0.4, -0.2) is 24.9 Å². The Morgan fingerprint density at radius 1 is 1.38 bits per heavy atom. The third-order valence-corrected chi connectivity index (χ3v) is 2.54. The first-order chi connectivity index (χ1) is 6.17. The molecular weight excluding hydrogens is 164 g/mol. The third-order valence-electron chi connectivity index (χ3n) is 2.54. The molecule has 0 aromatic carbocycles. The number of aliphatic hydroxyl groups excluding tert-OH is 1. The van der Waals surface area contributed by atoms with Crippen LogP contribution in [-0.2, 0) is 4.74 Å². The molecule has 0 radical (unpaired) electrons. The lowest BCUT2D eigenvalue weighted by atomic mass is 9.91. The van der Waals surface area contributed by atoms with Crippen molar-refractivity contribution >= 4 is 0 Å². The van der Waals surface area contributed by atoms with Gasteiger partial charge in [-0.3, -0.25) is 0 Å². The molecule has 0 aliphatic carbocycles. The van der Waals surface area contributed by atoms with E-state index in [0.717, 1.165) is 6.42 Å². The molecular formula is C11H22O2. The summed E-state index contributed by atoms with van der Waals surface area (Å²) < 4.78 is 5.43. The summed E-state index contributed by atoms with van der Waals surface area (Å²) in [6, 6.07) is 0. The van der Waals surface area contributed by atoms with Gasteiger partial charge >= 0.3 is 0 Å². The predicted molar refractivity (Wildman–Crippen MR) is 55.6 cm³/mol.